The lowest BCUT2D eigenvalue weighted by molar-refractivity contribution is 0.0459. The molecule has 0 aromatic heterocycles. The van der Waals surface area contributed by atoms with Gasteiger partial charge in [0.1, 0.15) is 6.07 Å². The van der Waals surface area contributed by atoms with Gasteiger partial charge in [-0.1, -0.05) is 17.7 Å². The van der Waals surface area contributed by atoms with E-state index in [0.29, 0.717) is 16.7 Å². The third-order valence-electron chi connectivity index (χ3n) is 3.29. The van der Waals surface area contributed by atoms with Gasteiger partial charge in [-0.05, 0) is 31.9 Å². The molecule has 0 atom stereocenters. The van der Waals surface area contributed by atoms with Crippen molar-refractivity contribution < 1.29 is 4.74 Å². The minimum absolute atomic E-state index is 0.357. The maximum absolute atomic E-state index is 9.18. The zero-order chi connectivity index (χ0) is 13.0. The first-order valence-electron chi connectivity index (χ1n) is 6.31. The fourth-order valence-electron chi connectivity index (χ4n) is 2.39. The normalized spacial score (nSPS) is 16.6. The molecule has 1 aliphatic heterocycles. The van der Waals surface area contributed by atoms with Crippen LogP contribution in [0.5, 0.6) is 0 Å². The van der Waals surface area contributed by atoms with E-state index in [4.69, 9.17) is 16.3 Å². The topological polar surface area (TPSA) is 36.3 Å². The molecule has 0 bridgehead atoms. The molecule has 0 spiro atoms. The van der Waals surface area contributed by atoms with Crippen LogP contribution in [-0.2, 0) is 4.74 Å². The van der Waals surface area contributed by atoms with Crippen LogP contribution < -0.4 is 4.90 Å². The van der Waals surface area contributed by atoms with Gasteiger partial charge in [0, 0.05) is 19.7 Å². The van der Waals surface area contributed by atoms with E-state index in [1.165, 1.54) is 0 Å². The molecule has 0 aliphatic carbocycles. The molecule has 1 heterocycles. The lowest BCUT2D eigenvalue weighted by Crippen LogP contribution is -2.37. The monoisotopic (exact) mass is 264 g/mol. The summed E-state index contributed by atoms with van der Waals surface area (Å²) in [4.78, 5) is 2.22. The highest BCUT2D eigenvalue weighted by Gasteiger charge is 2.21. The van der Waals surface area contributed by atoms with Gasteiger partial charge >= 0.3 is 0 Å². The van der Waals surface area contributed by atoms with E-state index in [-0.39, 0.29) is 0 Å². The molecule has 1 saturated heterocycles. The van der Waals surface area contributed by atoms with E-state index in [1.807, 2.05) is 19.1 Å². The second-order valence-corrected chi connectivity index (χ2v) is 4.79. The number of hydrogen-bond acceptors (Lipinski definition) is 3. The Morgan fingerprint density at radius 1 is 1.44 bits per heavy atom. The van der Waals surface area contributed by atoms with Crippen molar-refractivity contribution in [1.82, 2.24) is 0 Å². The average molecular weight is 265 g/mol. The molecule has 1 aromatic rings. The van der Waals surface area contributed by atoms with E-state index in [1.54, 1.807) is 6.07 Å². The van der Waals surface area contributed by atoms with E-state index in [2.05, 4.69) is 11.0 Å². The zero-order valence-corrected chi connectivity index (χ0v) is 11.3. The minimum Gasteiger partial charge on any atom is -0.378 e. The zero-order valence-electron chi connectivity index (χ0n) is 10.5. The van der Waals surface area contributed by atoms with Gasteiger partial charge in [0.25, 0.3) is 0 Å². The highest BCUT2D eigenvalue weighted by Crippen LogP contribution is 2.29. The van der Waals surface area contributed by atoms with Crippen LogP contribution in [0.25, 0.3) is 0 Å². The largest absolute Gasteiger partial charge is 0.378 e. The van der Waals surface area contributed by atoms with E-state index < -0.39 is 0 Å². The van der Waals surface area contributed by atoms with Gasteiger partial charge in [0.15, 0.2) is 0 Å². The molecule has 0 saturated carbocycles. The minimum atomic E-state index is 0.357. The summed E-state index contributed by atoms with van der Waals surface area (Å²) in [7, 11) is 0. The Bertz CT molecular complexity index is 448. The van der Waals surface area contributed by atoms with Crippen molar-refractivity contribution in [3.63, 3.8) is 0 Å². The van der Waals surface area contributed by atoms with Gasteiger partial charge in [0.05, 0.1) is 22.4 Å². The Morgan fingerprint density at radius 3 is 2.78 bits per heavy atom. The van der Waals surface area contributed by atoms with Crippen molar-refractivity contribution in [3.05, 3.63) is 28.8 Å². The molecule has 0 unspecified atom stereocenters. The number of hydrogen-bond donors (Lipinski definition) is 0. The standard InChI is InChI=1S/C14H17ClN2O/c1-2-18-11-6-8-17(9-7-11)14-5-3-4-13(15)12(14)10-16/h3-5,11H,2,6-9H2,1H3. The highest BCUT2D eigenvalue weighted by molar-refractivity contribution is 6.32. The van der Waals surface area contributed by atoms with Crippen molar-refractivity contribution in [2.75, 3.05) is 24.6 Å². The van der Waals surface area contributed by atoms with Crippen LogP contribution in [0.15, 0.2) is 18.2 Å². The van der Waals surface area contributed by atoms with Crippen LogP contribution >= 0.6 is 11.6 Å². The molecule has 18 heavy (non-hydrogen) atoms. The molecular weight excluding hydrogens is 248 g/mol. The summed E-state index contributed by atoms with van der Waals surface area (Å²) in [5, 5.41) is 9.71. The first-order chi connectivity index (χ1) is 8.76. The van der Waals surface area contributed by atoms with Gasteiger partial charge < -0.3 is 9.64 Å². The van der Waals surface area contributed by atoms with Crippen molar-refractivity contribution in [2.45, 2.75) is 25.9 Å². The number of nitriles is 1. The molecule has 0 N–H and O–H groups in total. The molecular formula is C14H17ClN2O. The fourth-order valence-corrected chi connectivity index (χ4v) is 2.60. The Morgan fingerprint density at radius 2 is 2.17 bits per heavy atom. The summed E-state index contributed by atoms with van der Waals surface area (Å²) in [6.07, 6.45) is 2.37. The van der Waals surface area contributed by atoms with Crippen LogP contribution in [0.2, 0.25) is 5.02 Å². The maximum Gasteiger partial charge on any atom is 0.103 e. The van der Waals surface area contributed by atoms with Crippen molar-refractivity contribution >= 4 is 17.3 Å². The second-order valence-electron chi connectivity index (χ2n) is 4.39. The van der Waals surface area contributed by atoms with Gasteiger partial charge in [0.2, 0.25) is 0 Å². The molecule has 1 aliphatic rings. The van der Waals surface area contributed by atoms with Crippen molar-refractivity contribution in [1.29, 1.82) is 5.26 Å². The predicted octanol–water partition coefficient (Wildman–Crippen LogP) is 3.22. The predicted molar refractivity (Wildman–Crippen MR) is 73.0 cm³/mol. The quantitative estimate of drug-likeness (QED) is 0.841. The molecule has 4 heteroatoms. The van der Waals surface area contributed by atoms with E-state index in [9.17, 15) is 5.26 Å². The molecule has 2 rings (SSSR count). The number of halogens is 1. The summed E-state index contributed by atoms with van der Waals surface area (Å²) in [5.41, 5.74) is 1.52. The van der Waals surface area contributed by atoms with Gasteiger partial charge in [-0.2, -0.15) is 5.26 Å². The third-order valence-corrected chi connectivity index (χ3v) is 3.60. The summed E-state index contributed by atoms with van der Waals surface area (Å²) in [5.74, 6) is 0. The molecule has 3 nitrogen and oxygen atoms in total. The first kappa shape index (κ1) is 13.2. The van der Waals surface area contributed by atoms with Crippen LogP contribution in [-0.4, -0.2) is 25.8 Å². The SMILES string of the molecule is CCOC1CCN(c2cccc(Cl)c2C#N)CC1. The Balaban J connectivity index is 2.10. The number of piperidine rings is 1. The van der Waals surface area contributed by atoms with E-state index in [0.717, 1.165) is 38.2 Å². The molecule has 1 aromatic carbocycles. The van der Waals surface area contributed by atoms with Crippen LogP contribution in [0, 0.1) is 11.3 Å². The van der Waals surface area contributed by atoms with Crippen LogP contribution in [0.4, 0.5) is 5.69 Å². The van der Waals surface area contributed by atoms with Gasteiger partial charge in [-0.15, -0.1) is 0 Å². The summed E-state index contributed by atoms with van der Waals surface area (Å²) in [6, 6.07) is 7.81. The summed E-state index contributed by atoms with van der Waals surface area (Å²) < 4.78 is 5.63. The van der Waals surface area contributed by atoms with Gasteiger partial charge in [-0.3, -0.25) is 0 Å². The maximum atomic E-state index is 9.18. The van der Waals surface area contributed by atoms with Crippen LogP contribution in [0.1, 0.15) is 25.3 Å². The fraction of sp³-hybridized carbons (Fsp3) is 0.500. The van der Waals surface area contributed by atoms with Crippen molar-refractivity contribution in [3.8, 4) is 6.07 Å². The number of rotatable bonds is 3. The molecule has 0 amide bonds. The lowest BCUT2D eigenvalue weighted by atomic mass is 10.1. The smallest absolute Gasteiger partial charge is 0.103 e. The lowest BCUT2D eigenvalue weighted by Gasteiger charge is -2.34. The average Bonchev–Trinajstić information content (AvgIpc) is 2.40. The van der Waals surface area contributed by atoms with Gasteiger partial charge in [-0.25, -0.2) is 0 Å². The third kappa shape index (κ3) is 2.77. The van der Waals surface area contributed by atoms with Crippen molar-refractivity contribution in [2.24, 2.45) is 0 Å². The second kappa shape index (κ2) is 6.08. The number of anilines is 1. The Hall–Kier alpha value is -1.24. The van der Waals surface area contributed by atoms with E-state index >= 15 is 0 Å². The van der Waals surface area contributed by atoms with Crippen LogP contribution in [0.3, 0.4) is 0 Å². The Kier molecular flexibility index (Phi) is 4.46. The molecule has 1 fully saturated rings. The Labute approximate surface area is 113 Å². The number of nitrogens with zero attached hydrogens (tertiary/aromatic N) is 2. The number of ether oxygens (including phenoxy) is 1. The first-order valence-corrected chi connectivity index (χ1v) is 6.69. The molecule has 0 radical (unpaired) electrons. The summed E-state index contributed by atoms with van der Waals surface area (Å²) in [6.45, 7) is 4.63. The molecule has 96 valence electrons. The number of benzene rings is 1. The highest BCUT2D eigenvalue weighted by atomic mass is 35.5. The summed E-state index contributed by atoms with van der Waals surface area (Å²) >= 11 is 6.05.